The van der Waals surface area contributed by atoms with Gasteiger partial charge in [-0.1, -0.05) is 5.21 Å². The summed E-state index contributed by atoms with van der Waals surface area (Å²) >= 11 is 0. The Kier molecular flexibility index (Phi) is 4.16. The first-order valence-corrected chi connectivity index (χ1v) is 7.41. The molecule has 3 N–H and O–H groups in total. The average molecular weight is 295 g/mol. The van der Waals surface area contributed by atoms with E-state index in [0.717, 1.165) is 25.8 Å². The Labute approximate surface area is 122 Å². The number of hydrogen-bond donors (Lipinski definition) is 3. The fraction of sp³-hybridized carbons (Fsp3) is 0.846. The van der Waals surface area contributed by atoms with E-state index in [1.54, 1.807) is 7.11 Å². The Bertz CT molecular complexity index is 480. The highest BCUT2D eigenvalue weighted by Crippen LogP contribution is 2.43. The number of aromatic nitrogens is 4. The molecule has 0 aromatic carbocycles. The lowest BCUT2D eigenvalue weighted by atomic mass is 9.68. The van der Waals surface area contributed by atoms with Crippen LogP contribution >= 0.6 is 0 Å². The number of ether oxygens (including phenoxy) is 1. The molecular formula is C13H21N5O3. The Morgan fingerprint density at radius 2 is 2.24 bits per heavy atom. The Hall–Kier alpha value is -1.54. The van der Waals surface area contributed by atoms with Crippen molar-refractivity contribution >= 4 is 5.97 Å². The zero-order valence-electron chi connectivity index (χ0n) is 12.0. The van der Waals surface area contributed by atoms with Crippen molar-refractivity contribution in [3.8, 4) is 0 Å². The molecule has 8 heteroatoms. The summed E-state index contributed by atoms with van der Waals surface area (Å²) in [5.74, 6) is 1.15. The van der Waals surface area contributed by atoms with Crippen molar-refractivity contribution < 1.29 is 14.6 Å². The van der Waals surface area contributed by atoms with Crippen molar-refractivity contribution in [1.29, 1.82) is 0 Å². The van der Waals surface area contributed by atoms with Gasteiger partial charge in [-0.3, -0.25) is 4.79 Å². The lowest BCUT2D eigenvalue weighted by Gasteiger charge is -2.42. The predicted octanol–water partition coefficient (Wildman–Crippen LogP) is 0.366. The number of piperidine rings is 1. The highest BCUT2D eigenvalue weighted by Gasteiger charge is 2.40. The molecule has 21 heavy (non-hydrogen) atoms. The molecule has 5 atom stereocenters. The topological polar surface area (TPSA) is 113 Å². The summed E-state index contributed by atoms with van der Waals surface area (Å²) in [6, 6.07) is -0.420. The molecule has 1 aromatic heterocycles. The van der Waals surface area contributed by atoms with Gasteiger partial charge in [0.15, 0.2) is 0 Å². The molecule has 0 spiro atoms. The highest BCUT2D eigenvalue weighted by molar-refractivity contribution is 5.73. The largest absolute Gasteiger partial charge is 0.480 e. The van der Waals surface area contributed by atoms with Gasteiger partial charge in [-0.2, -0.15) is 5.21 Å². The van der Waals surface area contributed by atoms with Gasteiger partial charge in [0.25, 0.3) is 0 Å². The molecule has 2 fully saturated rings. The third-order valence-electron chi connectivity index (χ3n) is 4.94. The molecule has 3 rings (SSSR count). The Morgan fingerprint density at radius 1 is 1.38 bits per heavy atom. The van der Waals surface area contributed by atoms with Crippen molar-refractivity contribution in [2.75, 3.05) is 13.7 Å². The Morgan fingerprint density at radius 3 is 2.90 bits per heavy atom. The number of nitrogens with one attached hydrogen (secondary N) is 2. The van der Waals surface area contributed by atoms with Crippen LogP contribution in [0.3, 0.4) is 0 Å². The fourth-order valence-electron chi connectivity index (χ4n) is 3.86. The van der Waals surface area contributed by atoms with Crippen LogP contribution in [-0.4, -0.2) is 51.4 Å². The van der Waals surface area contributed by atoms with Crippen LogP contribution in [0.4, 0.5) is 0 Å². The van der Waals surface area contributed by atoms with Gasteiger partial charge in [0.2, 0.25) is 5.82 Å². The van der Waals surface area contributed by atoms with Gasteiger partial charge in [0.1, 0.15) is 12.1 Å². The fourth-order valence-corrected chi connectivity index (χ4v) is 3.86. The number of aliphatic carboxylic acids is 1. The molecule has 0 bridgehead atoms. The van der Waals surface area contributed by atoms with Crippen LogP contribution in [-0.2, 0) is 9.53 Å². The number of carboxylic acids is 1. The molecule has 0 radical (unpaired) electrons. The number of aromatic amines is 1. The molecule has 1 aromatic rings. The summed E-state index contributed by atoms with van der Waals surface area (Å²) in [5.41, 5.74) is 0. The van der Waals surface area contributed by atoms with Gasteiger partial charge in [-0.25, -0.2) is 0 Å². The molecule has 116 valence electrons. The summed E-state index contributed by atoms with van der Waals surface area (Å²) in [4.78, 5) is 11.2. The highest BCUT2D eigenvalue weighted by atomic mass is 16.5. The minimum Gasteiger partial charge on any atom is -0.480 e. The minimum absolute atomic E-state index is 0.164. The zero-order valence-corrected chi connectivity index (χ0v) is 12.0. The van der Waals surface area contributed by atoms with E-state index in [4.69, 9.17) is 4.74 Å². The monoisotopic (exact) mass is 295 g/mol. The molecule has 8 nitrogen and oxygen atoms in total. The van der Waals surface area contributed by atoms with Crippen molar-refractivity contribution in [2.24, 2.45) is 17.8 Å². The number of methoxy groups -OCH3 is 1. The van der Waals surface area contributed by atoms with Crippen molar-refractivity contribution in [1.82, 2.24) is 25.9 Å². The second kappa shape index (κ2) is 6.07. The second-order valence-corrected chi connectivity index (χ2v) is 6.05. The van der Waals surface area contributed by atoms with E-state index in [2.05, 4.69) is 25.9 Å². The minimum atomic E-state index is -0.753. The summed E-state index contributed by atoms with van der Waals surface area (Å²) in [7, 11) is 1.66. The summed E-state index contributed by atoms with van der Waals surface area (Å²) in [6.45, 7) is 0.800. The van der Waals surface area contributed by atoms with Gasteiger partial charge in [-0.05, 0) is 50.0 Å². The maximum absolute atomic E-state index is 11.2. The van der Waals surface area contributed by atoms with Crippen LogP contribution in [0.1, 0.15) is 37.6 Å². The van der Waals surface area contributed by atoms with Gasteiger partial charge in [-0.15, -0.1) is 10.2 Å². The van der Waals surface area contributed by atoms with Crippen LogP contribution in [0.25, 0.3) is 0 Å². The molecule has 1 unspecified atom stereocenters. The van der Waals surface area contributed by atoms with Gasteiger partial charge < -0.3 is 15.2 Å². The van der Waals surface area contributed by atoms with E-state index in [-0.39, 0.29) is 6.10 Å². The average Bonchev–Trinajstić information content (AvgIpc) is 3.01. The molecule has 2 heterocycles. The van der Waals surface area contributed by atoms with E-state index in [0.29, 0.717) is 30.0 Å². The predicted molar refractivity (Wildman–Crippen MR) is 72.3 cm³/mol. The number of carbonyl (C=O) groups is 1. The Balaban J connectivity index is 1.68. The molecule has 2 aliphatic rings. The zero-order chi connectivity index (χ0) is 14.8. The second-order valence-electron chi connectivity index (χ2n) is 6.05. The molecule has 1 aliphatic heterocycles. The van der Waals surface area contributed by atoms with Crippen LogP contribution in [0.15, 0.2) is 0 Å². The maximum atomic E-state index is 11.2. The van der Waals surface area contributed by atoms with Crippen molar-refractivity contribution in [2.45, 2.75) is 37.8 Å². The van der Waals surface area contributed by atoms with Gasteiger partial charge >= 0.3 is 5.97 Å². The number of tetrazole rings is 1. The summed E-state index contributed by atoms with van der Waals surface area (Å²) in [5, 5.41) is 26.4. The summed E-state index contributed by atoms with van der Waals surface area (Å²) < 4.78 is 5.57. The smallest absolute Gasteiger partial charge is 0.320 e. The number of fused-ring (bicyclic) bond motifs is 1. The lowest BCUT2D eigenvalue weighted by Crippen LogP contribution is -2.50. The van der Waals surface area contributed by atoms with Crippen LogP contribution in [0, 0.1) is 17.8 Å². The molecule has 1 saturated carbocycles. The quantitative estimate of drug-likeness (QED) is 0.735. The van der Waals surface area contributed by atoms with Crippen LogP contribution < -0.4 is 5.32 Å². The molecule has 1 saturated heterocycles. The van der Waals surface area contributed by atoms with Crippen LogP contribution in [0.2, 0.25) is 0 Å². The van der Waals surface area contributed by atoms with Gasteiger partial charge in [0.05, 0.1) is 0 Å². The van der Waals surface area contributed by atoms with E-state index in [1.165, 1.54) is 0 Å². The first kappa shape index (κ1) is 14.4. The first-order valence-electron chi connectivity index (χ1n) is 7.41. The van der Waals surface area contributed by atoms with Crippen molar-refractivity contribution in [3.05, 3.63) is 5.82 Å². The standard InChI is InChI=1S/C13H21N5O3/c1-21-11(12-15-17-18-16-12)7-2-3-8-6-14-10(13(19)20)5-9(8)4-7/h7-11,14H,2-6H2,1H3,(H,19,20)(H,15,16,17,18)/t7-,8-,9+,10-,11?/m1/s1. The number of H-pyrrole nitrogens is 1. The molecule has 1 aliphatic carbocycles. The van der Waals surface area contributed by atoms with E-state index >= 15 is 0 Å². The van der Waals surface area contributed by atoms with Crippen molar-refractivity contribution in [3.63, 3.8) is 0 Å². The third kappa shape index (κ3) is 2.91. The van der Waals surface area contributed by atoms with Gasteiger partial charge in [0, 0.05) is 7.11 Å². The summed E-state index contributed by atoms with van der Waals surface area (Å²) in [6.07, 6.45) is 3.63. The maximum Gasteiger partial charge on any atom is 0.320 e. The molecule has 0 amide bonds. The van der Waals surface area contributed by atoms with E-state index in [1.807, 2.05) is 0 Å². The number of nitrogens with zero attached hydrogens (tertiary/aromatic N) is 3. The normalized spacial score (nSPS) is 34.1. The van der Waals surface area contributed by atoms with Crippen LogP contribution in [0.5, 0.6) is 0 Å². The van der Waals surface area contributed by atoms with E-state index in [9.17, 15) is 9.90 Å². The number of rotatable bonds is 4. The molecular weight excluding hydrogens is 274 g/mol. The lowest BCUT2D eigenvalue weighted by molar-refractivity contribution is -0.141. The first-order chi connectivity index (χ1) is 10.2. The number of hydrogen-bond acceptors (Lipinski definition) is 6. The van der Waals surface area contributed by atoms with E-state index < -0.39 is 12.0 Å². The number of carboxylic acid groups (broad SMARTS) is 1. The SMILES string of the molecule is COC(c1nn[nH]n1)[C@@H]1CC[C@@H]2CN[C@@H](C(=O)O)C[C@@H]2C1. The third-order valence-corrected chi connectivity index (χ3v) is 4.94.